The number of rotatable bonds is 6. The maximum absolute atomic E-state index is 14.0. The van der Waals surface area contributed by atoms with Crippen LogP contribution in [0.1, 0.15) is 35.3 Å². The zero-order valence-corrected chi connectivity index (χ0v) is 17.1. The van der Waals surface area contributed by atoms with Gasteiger partial charge in [0, 0.05) is 31.7 Å². The van der Waals surface area contributed by atoms with E-state index in [1.54, 1.807) is 12.1 Å². The molecule has 0 aromatic heterocycles. The predicted octanol–water partition coefficient (Wildman–Crippen LogP) is 2.38. The molecule has 0 aliphatic carbocycles. The van der Waals surface area contributed by atoms with E-state index in [4.69, 9.17) is 4.74 Å². The van der Waals surface area contributed by atoms with Gasteiger partial charge in [-0.3, -0.25) is 10.1 Å². The Morgan fingerprint density at radius 3 is 2.55 bits per heavy atom. The van der Waals surface area contributed by atoms with Crippen molar-refractivity contribution in [2.24, 2.45) is 4.99 Å². The van der Waals surface area contributed by atoms with Crippen molar-refractivity contribution in [1.29, 1.82) is 0 Å². The third-order valence-electron chi connectivity index (χ3n) is 4.65. The molecular weight excluding hydrogens is 411 g/mol. The van der Waals surface area contributed by atoms with Crippen molar-refractivity contribution < 1.29 is 22.7 Å². The Morgan fingerprint density at radius 2 is 1.87 bits per heavy atom. The summed E-state index contributed by atoms with van der Waals surface area (Å²) in [7, 11) is 1.54. The van der Waals surface area contributed by atoms with Crippen LogP contribution in [0, 0.1) is 17.5 Å². The predicted molar refractivity (Wildman–Crippen MR) is 110 cm³/mol. The van der Waals surface area contributed by atoms with Crippen LogP contribution in [0.15, 0.2) is 47.5 Å². The van der Waals surface area contributed by atoms with Gasteiger partial charge in [-0.05, 0) is 36.8 Å². The first-order valence-electron chi connectivity index (χ1n) is 9.72. The van der Waals surface area contributed by atoms with E-state index in [1.165, 1.54) is 19.2 Å². The van der Waals surface area contributed by atoms with Gasteiger partial charge in [-0.15, -0.1) is 0 Å². The van der Waals surface area contributed by atoms with Gasteiger partial charge in [-0.25, -0.2) is 29.0 Å². The molecule has 1 heterocycles. The van der Waals surface area contributed by atoms with Crippen molar-refractivity contribution in [3.8, 4) is 0 Å². The maximum atomic E-state index is 14.0. The highest BCUT2D eigenvalue weighted by Gasteiger charge is 2.26. The Hall–Kier alpha value is -2.95. The smallest absolute Gasteiger partial charge is 0.260 e. The van der Waals surface area contributed by atoms with Gasteiger partial charge >= 0.3 is 0 Å². The molecule has 1 aliphatic heterocycles. The lowest BCUT2D eigenvalue weighted by Gasteiger charge is -2.18. The van der Waals surface area contributed by atoms with Crippen LogP contribution < -0.4 is 21.5 Å². The highest BCUT2D eigenvalue weighted by Crippen LogP contribution is 2.22. The monoisotopic (exact) mass is 435 g/mol. The number of guanidine groups is 1. The second kappa shape index (κ2) is 10.4. The number of nitrogens with one attached hydrogen (secondary N) is 4. The summed E-state index contributed by atoms with van der Waals surface area (Å²) < 4.78 is 45.4. The van der Waals surface area contributed by atoms with Crippen molar-refractivity contribution in [2.45, 2.75) is 31.6 Å². The van der Waals surface area contributed by atoms with Crippen molar-refractivity contribution in [2.75, 3.05) is 13.7 Å². The number of methoxy groups -OCH3 is 1. The molecule has 2 unspecified atom stereocenters. The second-order valence-corrected chi connectivity index (χ2v) is 7.20. The van der Waals surface area contributed by atoms with E-state index in [0.29, 0.717) is 19.1 Å². The van der Waals surface area contributed by atoms with Crippen LogP contribution in [-0.4, -0.2) is 37.8 Å². The minimum Gasteiger partial charge on any atom is -0.383 e. The van der Waals surface area contributed by atoms with Crippen molar-refractivity contribution >= 4 is 11.9 Å². The second-order valence-electron chi connectivity index (χ2n) is 7.20. The number of carbonyl (C=O) groups is 1. The average molecular weight is 435 g/mol. The molecule has 4 N–H and O–H groups in total. The van der Waals surface area contributed by atoms with Gasteiger partial charge in [0.1, 0.15) is 23.6 Å². The molecule has 31 heavy (non-hydrogen) atoms. The number of hydrogen-bond donors (Lipinski definition) is 4. The largest absolute Gasteiger partial charge is 0.383 e. The number of hydrazine groups is 1. The Balaban J connectivity index is 1.74. The lowest BCUT2D eigenvalue weighted by Crippen LogP contribution is -2.47. The zero-order chi connectivity index (χ0) is 22.4. The molecule has 1 amide bonds. The van der Waals surface area contributed by atoms with Crippen LogP contribution in [0.4, 0.5) is 13.2 Å². The first-order chi connectivity index (χ1) is 14.9. The third-order valence-corrected chi connectivity index (χ3v) is 4.65. The summed E-state index contributed by atoms with van der Waals surface area (Å²) in [5.74, 6) is -2.73. The van der Waals surface area contributed by atoms with Crippen molar-refractivity contribution in [3.05, 3.63) is 71.0 Å². The number of nitrogens with zero attached hydrogens (tertiary/aromatic N) is 1. The van der Waals surface area contributed by atoms with E-state index < -0.39 is 23.7 Å². The number of benzene rings is 2. The summed E-state index contributed by atoms with van der Waals surface area (Å²) in [6.07, 6.45) is 0.0987. The summed E-state index contributed by atoms with van der Waals surface area (Å²) in [5.41, 5.74) is 6.66. The number of ether oxygens (including phenoxy) is 1. The normalized spacial score (nSPS) is 19.8. The maximum Gasteiger partial charge on any atom is 0.260 e. The molecule has 10 heteroatoms. The van der Waals surface area contributed by atoms with Gasteiger partial charge in [0.25, 0.3) is 5.91 Å². The molecule has 0 spiro atoms. The Kier molecular flexibility index (Phi) is 7.61. The first-order valence-corrected chi connectivity index (χ1v) is 9.72. The molecule has 166 valence electrons. The zero-order valence-electron chi connectivity index (χ0n) is 17.1. The fourth-order valence-electron chi connectivity index (χ4n) is 3.17. The Labute approximate surface area is 178 Å². The van der Waals surface area contributed by atoms with E-state index >= 15 is 0 Å². The minimum absolute atomic E-state index is 0.109. The van der Waals surface area contributed by atoms with E-state index in [1.807, 2.05) is 6.92 Å². The third kappa shape index (κ3) is 6.27. The van der Waals surface area contributed by atoms with Gasteiger partial charge in [0.15, 0.2) is 5.96 Å². The fraction of sp³-hybridized carbons (Fsp3) is 0.333. The standard InChI is InChI=1S/C21H24F3N5O2/c1-12(11-31-2)25-21(27-20(30)16-8-7-15(23)9-17(16)24)26-19-10-18(28-29-19)13-3-5-14(22)6-4-13/h3-9,12,18-19,28-29H,10-11H2,1-2H3,(H2,25,26,27,30)/t12-,18?,19?/m0/s1. The molecule has 0 saturated carbocycles. The number of amides is 1. The molecule has 2 aromatic carbocycles. The molecule has 2 aromatic rings. The van der Waals surface area contributed by atoms with Gasteiger partial charge < -0.3 is 10.1 Å². The lowest BCUT2D eigenvalue weighted by atomic mass is 10.0. The average Bonchev–Trinajstić information content (AvgIpc) is 3.17. The van der Waals surface area contributed by atoms with Gasteiger partial charge in [0.05, 0.1) is 12.2 Å². The van der Waals surface area contributed by atoms with E-state index in [9.17, 15) is 18.0 Å². The Morgan fingerprint density at radius 1 is 1.16 bits per heavy atom. The van der Waals surface area contributed by atoms with Crippen molar-refractivity contribution in [3.63, 3.8) is 0 Å². The molecule has 1 saturated heterocycles. The molecule has 0 bridgehead atoms. The van der Waals surface area contributed by atoms with Crippen LogP contribution in [0.25, 0.3) is 0 Å². The number of carbonyl (C=O) groups excluding carboxylic acids is 1. The molecule has 0 radical (unpaired) electrons. The summed E-state index contributed by atoms with van der Waals surface area (Å²) in [6, 6.07) is 8.51. The summed E-state index contributed by atoms with van der Waals surface area (Å²) in [6.45, 7) is 2.17. The number of hydrogen-bond acceptors (Lipinski definition) is 5. The lowest BCUT2D eigenvalue weighted by molar-refractivity contribution is 0.0970. The minimum atomic E-state index is -0.973. The highest BCUT2D eigenvalue weighted by atomic mass is 19.1. The highest BCUT2D eigenvalue weighted by molar-refractivity contribution is 6.05. The summed E-state index contributed by atoms with van der Waals surface area (Å²) in [5, 5.41) is 5.55. The first kappa shape index (κ1) is 22.7. The molecule has 1 fully saturated rings. The van der Waals surface area contributed by atoms with E-state index in [-0.39, 0.29) is 29.4 Å². The van der Waals surface area contributed by atoms with Crippen LogP contribution in [0.5, 0.6) is 0 Å². The van der Waals surface area contributed by atoms with E-state index in [0.717, 1.165) is 17.7 Å². The number of halogens is 3. The molecular formula is C21H24F3N5O2. The van der Waals surface area contributed by atoms with Gasteiger partial charge in [-0.2, -0.15) is 0 Å². The van der Waals surface area contributed by atoms with Crippen molar-refractivity contribution in [1.82, 2.24) is 21.5 Å². The summed E-state index contributed by atoms with van der Waals surface area (Å²) in [4.78, 5) is 17.0. The number of aliphatic imine (C=N–C) groups is 1. The summed E-state index contributed by atoms with van der Waals surface area (Å²) >= 11 is 0. The van der Waals surface area contributed by atoms with E-state index in [2.05, 4.69) is 26.5 Å². The SMILES string of the molecule is COC[C@H](C)NC(=NC1CC(c2ccc(F)cc2)NN1)NC(=O)c1ccc(F)cc1F. The Bertz CT molecular complexity index is 939. The van der Waals surface area contributed by atoms with Crippen LogP contribution in [0.2, 0.25) is 0 Å². The van der Waals surface area contributed by atoms with Crippen LogP contribution in [0.3, 0.4) is 0 Å². The van der Waals surface area contributed by atoms with Crippen LogP contribution >= 0.6 is 0 Å². The topological polar surface area (TPSA) is 86.8 Å². The van der Waals surface area contributed by atoms with Gasteiger partial charge in [-0.1, -0.05) is 12.1 Å². The molecule has 1 aliphatic rings. The molecule has 3 rings (SSSR count). The fourth-order valence-corrected chi connectivity index (χ4v) is 3.17. The molecule has 7 nitrogen and oxygen atoms in total. The molecule has 3 atom stereocenters. The van der Waals surface area contributed by atoms with Gasteiger partial charge in [0.2, 0.25) is 0 Å². The van der Waals surface area contributed by atoms with Crippen LogP contribution in [-0.2, 0) is 4.74 Å². The quantitative estimate of drug-likeness (QED) is 0.414.